The molecule has 5 N–H and O–H groups in total. The van der Waals surface area contributed by atoms with E-state index >= 15 is 0 Å². The van der Waals surface area contributed by atoms with Crippen molar-refractivity contribution in [3.8, 4) is 0 Å². The number of benzene rings is 2. The number of amides is 5. The average Bonchev–Trinajstić information content (AvgIpc) is 3.35. The number of rotatable bonds is 8. The third-order valence-electron chi connectivity index (χ3n) is 5.95. The van der Waals surface area contributed by atoms with Crippen LogP contribution in [0.3, 0.4) is 0 Å². The molecule has 5 amide bonds. The fourth-order valence-corrected chi connectivity index (χ4v) is 3.94. The van der Waals surface area contributed by atoms with Crippen LogP contribution in [0, 0.1) is 12.8 Å². The molecule has 2 aromatic carbocycles. The normalized spacial score (nSPS) is 14.6. The van der Waals surface area contributed by atoms with Gasteiger partial charge in [-0.25, -0.2) is 4.79 Å². The van der Waals surface area contributed by atoms with Gasteiger partial charge in [-0.1, -0.05) is 18.2 Å². The van der Waals surface area contributed by atoms with Crippen LogP contribution < -0.4 is 21.3 Å². The maximum atomic E-state index is 12.6. The van der Waals surface area contributed by atoms with E-state index in [1.54, 1.807) is 54.3 Å². The fraction of sp³-hybridized carbons (Fsp3) is 0.320. The van der Waals surface area contributed by atoms with E-state index in [0.717, 1.165) is 5.56 Å². The lowest BCUT2D eigenvalue weighted by Gasteiger charge is -2.17. The molecule has 36 heavy (non-hydrogen) atoms. The van der Waals surface area contributed by atoms with Crippen LogP contribution >= 0.6 is 0 Å². The summed E-state index contributed by atoms with van der Waals surface area (Å²) < 4.78 is 0. The highest BCUT2D eigenvalue weighted by molar-refractivity contribution is 6.02. The highest BCUT2D eigenvalue weighted by atomic mass is 16.4. The smallest absolute Gasteiger partial charge is 0.323 e. The molecule has 1 aliphatic heterocycles. The minimum absolute atomic E-state index is 0.131. The third kappa shape index (κ3) is 6.81. The topological polar surface area (TPSA) is 157 Å². The Morgan fingerprint density at radius 3 is 2.42 bits per heavy atom. The van der Waals surface area contributed by atoms with Crippen molar-refractivity contribution in [1.29, 1.82) is 0 Å². The second kappa shape index (κ2) is 11.8. The number of carboxylic acids is 1. The lowest BCUT2D eigenvalue weighted by molar-refractivity contribution is -0.138. The Hall–Kier alpha value is -4.41. The number of aliphatic carboxylic acids is 1. The summed E-state index contributed by atoms with van der Waals surface area (Å²) in [7, 11) is 1.54. The van der Waals surface area contributed by atoms with Gasteiger partial charge >= 0.3 is 12.0 Å². The summed E-state index contributed by atoms with van der Waals surface area (Å²) in [5.74, 6) is -2.27. The lowest BCUT2D eigenvalue weighted by Crippen LogP contribution is -2.37. The van der Waals surface area contributed by atoms with Crippen molar-refractivity contribution in [2.75, 3.05) is 37.3 Å². The molecular formula is C25H29N5O6. The van der Waals surface area contributed by atoms with Crippen LogP contribution in [0.15, 0.2) is 42.5 Å². The third-order valence-corrected chi connectivity index (χ3v) is 5.95. The summed E-state index contributed by atoms with van der Waals surface area (Å²) in [4.78, 5) is 61.2. The minimum Gasteiger partial charge on any atom is -0.480 e. The van der Waals surface area contributed by atoms with Gasteiger partial charge < -0.3 is 31.3 Å². The zero-order valence-electron chi connectivity index (χ0n) is 20.1. The second-order valence-corrected chi connectivity index (χ2v) is 8.45. The molecule has 0 spiro atoms. The molecule has 1 atom stereocenters. The summed E-state index contributed by atoms with van der Waals surface area (Å²) in [5, 5.41) is 19.0. The summed E-state index contributed by atoms with van der Waals surface area (Å²) in [6.07, 6.45) is 0.627. The van der Waals surface area contributed by atoms with Crippen molar-refractivity contribution in [2.45, 2.75) is 19.8 Å². The zero-order valence-corrected chi connectivity index (χ0v) is 20.1. The summed E-state index contributed by atoms with van der Waals surface area (Å²) in [6.45, 7) is 2.00. The van der Waals surface area contributed by atoms with Crippen LogP contribution in [-0.2, 0) is 20.8 Å². The standard InChI is InChI=1S/C25H29N5O6/c1-15-19(24(35)26-2)4-3-5-20(15)29-25(36)28-18-8-6-16(7-9-18)12-21(31)30-11-10-17(14-30)23(34)27-13-22(32)33/h3-9,17H,10-14H2,1-2H3,(H,26,35)(H,27,34)(H,32,33)(H2,28,29,36)/t17-/m0/s1. The fourth-order valence-electron chi connectivity index (χ4n) is 3.94. The number of urea groups is 1. The Labute approximate surface area is 208 Å². The second-order valence-electron chi connectivity index (χ2n) is 8.45. The van der Waals surface area contributed by atoms with Crippen molar-refractivity contribution in [1.82, 2.24) is 15.5 Å². The van der Waals surface area contributed by atoms with Crippen molar-refractivity contribution < 1.29 is 29.1 Å². The van der Waals surface area contributed by atoms with E-state index in [1.807, 2.05) is 0 Å². The monoisotopic (exact) mass is 495 g/mol. The summed E-state index contributed by atoms with van der Waals surface area (Å²) in [6, 6.07) is 11.4. The lowest BCUT2D eigenvalue weighted by atomic mass is 10.1. The first kappa shape index (κ1) is 26.2. The predicted molar refractivity (Wildman–Crippen MR) is 133 cm³/mol. The molecule has 0 aliphatic carbocycles. The average molecular weight is 496 g/mol. The molecule has 0 radical (unpaired) electrons. The number of carboxylic acid groups (broad SMARTS) is 1. The van der Waals surface area contributed by atoms with Crippen LogP contribution in [0.1, 0.15) is 27.9 Å². The number of likely N-dealkylation sites (tertiary alicyclic amines) is 1. The van der Waals surface area contributed by atoms with Crippen LogP contribution in [0.25, 0.3) is 0 Å². The van der Waals surface area contributed by atoms with Gasteiger partial charge in [0.05, 0.1) is 12.3 Å². The Balaban J connectivity index is 1.51. The van der Waals surface area contributed by atoms with E-state index in [2.05, 4.69) is 21.3 Å². The maximum absolute atomic E-state index is 12.6. The molecule has 1 saturated heterocycles. The number of carbonyl (C=O) groups excluding carboxylic acids is 4. The number of nitrogens with zero attached hydrogens (tertiary/aromatic N) is 1. The molecule has 1 heterocycles. The number of carbonyl (C=O) groups is 5. The van der Waals surface area contributed by atoms with Crippen molar-refractivity contribution in [2.24, 2.45) is 5.92 Å². The van der Waals surface area contributed by atoms with E-state index < -0.39 is 24.5 Å². The minimum atomic E-state index is -1.12. The maximum Gasteiger partial charge on any atom is 0.323 e. The number of nitrogens with one attached hydrogen (secondary N) is 4. The van der Waals surface area contributed by atoms with E-state index in [4.69, 9.17) is 5.11 Å². The molecule has 190 valence electrons. The van der Waals surface area contributed by atoms with Crippen molar-refractivity contribution >= 4 is 41.1 Å². The van der Waals surface area contributed by atoms with Gasteiger partial charge in [-0.15, -0.1) is 0 Å². The first-order chi connectivity index (χ1) is 17.2. The quantitative estimate of drug-likeness (QED) is 0.374. The predicted octanol–water partition coefficient (Wildman–Crippen LogP) is 1.59. The van der Waals surface area contributed by atoms with Gasteiger partial charge in [0, 0.05) is 37.1 Å². The number of hydrogen-bond acceptors (Lipinski definition) is 5. The Morgan fingerprint density at radius 1 is 1.03 bits per heavy atom. The van der Waals surface area contributed by atoms with E-state index in [-0.39, 0.29) is 30.7 Å². The van der Waals surface area contributed by atoms with E-state index in [1.165, 1.54) is 7.05 Å². The van der Waals surface area contributed by atoms with E-state index in [9.17, 15) is 24.0 Å². The van der Waals surface area contributed by atoms with Gasteiger partial charge in [-0.3, -0.25) is 19.2 Å². The Morgan fingerprint density at radius 2 is 1.75 bits per heavy atom. The first-order valence-electron chi connectivity index (χ1n) is 11.4. The van der Waals surface area contributed by atoms with Gasteiger partial charge in [0.1, 0.15) is 6.54 Å². The number of hydrogen-bond donors (Lipinski definition) is 5. The van der Waals surface area contributed by atoms with Gasteiger partial charge in [0.15, 0.2) is 0 Å². The molecule has 0 bridgehead atoms. The first-order valence-corrected chi connectivity index (χ1v) is 11.4. The molecule has 1 fully saturated rings. The van der Waals surface area contributed by atoms with Crippen LogP contribution in [-0.4, -0.2) is 66.4 Å². The molecule has 3 rings (SSSR count). The molecule has 0 saturated carbocycles. The van der Waals surface area contributed by atoms with Crippen LogP contribution in [0.2, 0.25) is 0 Å². The van der Waals surface area contributed by atoms with Gasteiger partial charge in [0.25, 0.3) is 5.91 Å². The van der Waals surface area contributed by atoms with Crippen molar-refractivity contribution in [3.05, 3.63) is 59.2 Å². The zero-order chi connectivity index (χ0) is 26.2. The van der Waals surface area contributed by atoms with Crippen LogP contribution in [0.5, 0.6) is 0 Å². The molecule has 0 aromatic heterocycles. The SMILES string of the molecule is CNC(=O)c1cccc(NC(=O)Nc2ccc(CC(=O)N3CC[C@H](C(=O)NCC(=O)O)C3)cc2)c1C. The molecule has 2 aromatic rings. The number of anilines is 2. The molecule has 11 nitrogen and oxygen atoms in total. The van der Waals surface area contributed by atoms with E-state index in [0.29, 0.717) is 35.5 Å². The summed E-state index contributed by atoms with van der Waals surface area (Å²) in [5.41, 5.74) is 2.90. The van der Waals surface area contributed by atoms with Crippen molar-refractivity contribution in [3.63, 3.8) is 0 Å². The Bertz CT molecular complexity index is 1160. The highest BCUT2D eigenvalue weighted by Crippen LogP contribution is 2.20. The molecular weight excluding hydrogens is 466 g/mol. The summed E-state index contributed by atoms with van der Waals surface area (Å²) >= 11 is 0. The Kier molecular flexibility index (Phi) is 8.61. The highest BCUT2D eigenvalue weighted by Gasteiger charge is 2.31. The largest absolute Gasteiger partial charge is 0.480 e. The van der Waals surface area contributed by atoms with Crippen LogP contribution in [0.4, 0.5) is 16.2 Å². The van der Waals surface area contributed by atoms with Gasteiger partial charge in [0.2, 0.25) is 11.8 Å². The molecule has 11 heteroatoms. The molecule has 1 aliphatic rings. The van der Waals surface area contributed by atoms with Gasteiger partial charge in [-0.05, 0) is 48.7 Å². The molecule has 0 unspecified atom stereocenters. The van der Waals surface area contributed by atoms with Gasteiger partial charge in [-0.2, -0.15) is 0 Å².